The van der Waals surface area contributed by atoms with Crippen LogP contribution in [0.4, 0.5) is 5.82 Å². The number of methoxy groups -OCH3 is 2. The molecule has 0 spiro atoms. The van der Waals surface area contributed by atoms with Crippen LogP contribution in [-0.2, 0) is 6.54 Å². The van der Waals surface area contributed by atoms with Crippen LogP contribution in [0, 0.1) is 6.92 Å². The number of hydrogen-bond acceptors (Lipinski definition) is 6. The van der Waals surface area contributed by atoms with Gasteiger partial charge in [0.2, 0.25) is 0 Å². The summed E-state index contributed by atoms with van der Waals surface area (Å²) in [4.78, 5) is 12.0. The molecule has 1 aromatic heterocycles. The van der Waals surface area contributed by atoms with Crippen LogP contribution in [0.3, 0.4) is 0 Å². The second-order valence-corrected chi connectivity index (χ2v) is 9.33. The van der Waals surface area contributed by atoms with Crippen LogP contribution in [0.1, 0.15) is 42.4 Å². The average Bonchev–Trinajstić information content (AvgIpc) is 3.38. The minimum Gasteiger partial charge on any atom is -0.496 e. The number of ether oxygens (including phenoxy) is 2. The molecule has 6 heteroatoms. The predicted octanol–water partition coefficient (Wildman–Crippen LogP) is 4.57. The topological polar surface area (TPSA) is 41.1 Å². The molecule has 1 saturated carbocycles. The summed E-state index contributed by atoms with van der Waals surface area (Å²) in [5.41, 5.74) is 4.28. The molecule has 6 nitrogen and oxygen atoms in total. The van der Waals surface area contributed by atoms with Crippen LogP contribution in [0.25, 0.3) is 5.70 Å². The van der Waals surface area contributed by atoms with Crippen molar-refractivity contribution in [1.29, 1.82) is 0 Å². The van der Waals surface area contributed by atoms with E-state index in [0.717, 1.165) is 66.9 Å². The number of pyridine rings is 1. The van der Waals surface area contributed by atoms with Gasteiger partial charge >= 0.3 is 0 Å². The number of likely N-dealkylation sites (N-methyl/N-ethyl adjacent to an activating group) is 1. The van der Waals surface area contributed by atoms with E-state index < -0.39 is 0 Å². The Morgan fingerprint density at radius 2 is 1.70 bits per heavy atom. The number of aromatic nitrogens is 1. The summed E-state index contributed by atoms with van der Waals surface area (Å²) in [5, 5.41) is 0. The fourth-order valence-electron chi connectivity index (χ4n) is 5.01. The van der Waals surface area contributed by atoms with Gasteiger partial charge in [-0.25, -0.2) is 4.98 Å². The van der Waals surface area contributed by atoms with E-state index in [4.69, 9.17) is 14.5 Å². The summed E-state index contributed by atoms with van der Waals surface area (Å²) in [6, 6.07) is 9.06. The van der Waals surface area contributed by atoms with Gasteiger partial charge in [-0.3, -0.25) is 0 Å². The monoisotopic (exact) mass is 450 g/mol. The highest BCUT2D eigenvalue weighted by Gasteiger charge is 2.26. The van der Waals surface area contributed by atoms with Crippen molar-refractivity contribution in [3.05, 3.63) is 53.7 Å². The molecule has 4 rings (SSSR count). The zero-order chi connectivity index (χ0) is 23.4. The van der Waals surface area contributed by atoms with Crippen LogP contribution in [0.5, 0.6) is 11.5 Å². The molecule has 0 N–H and O–H groups in total. The van der Waals surface area contributed by atoms with Crippen molar-refractivity contribution in [3.8, 4) is 11.5 Å². The third-order valence-electron chi connectivity index (χ3n) is 7.19. The minimum atomic E-state index is 0.494. The lowest BCUT2D eigenvalue weighted by atomic mass is 10.0. The lowest BCUT2D eigenvalue weighted by Gasteiger charge is -2.34. The van der Waals surface area contributed by atoms with Crippen molar-refractivity contribution < 1.29 is 9.47 Å². The maximum absolute atomic E-state index is 5.62. The Bertz CT molecular complexity index is 920. The van der Waals surface area contributed by atoms with Gasteiger partial charge in [-0.15, -0.1) is 0 Å². The van der Waals surface area contributed by atoms with E-state index in [1.165, 1.54) is 31.2 Å². The molecule has 2 aliphatic rings. The lowest BCUT2D eigenvalue weighted by molar-refractivity contribution is 0.289. The zero-order valence-corrected chi connectivity index (χ0v) is 20.6. The van der Waals surface area contributed by atoms with Crippen LogP contribution in [0.2, 0.25) is 0 Å². The van der Waals surface area contributed by atoms with Gasteiger partial charge in [0.15, 0.2) is 0 Å². The summed E-state index contributed by atoms with van der Waals surface area (Å²) in [6.45, 7) is 11.6. The first-order valence-electron chi connectivity index (χ1n) is 12.1. The van der Waals surface area contributed by atoms with Gasteiger partial charge in [-0.2, -0.15) is 0 Å². The third-order valence-corrected chi connectivity index (χ3v) is 7.19. The molecule has 2 aromatic rings. The summed E-state index contributed by atoms with van der Waals surface area (Å²) >= 11 is 0. The highest BCUT2D eigenvalue weighted by atomic mass is 16.5. The Balaban J connectivity index is 1.55. The SMILES string of the molecule is C=C(c1cc(OC)c(C)c(OC)c1)N(Cc1ccc(N2CCN(C)CC2)nc1)C1CCCC1. The first-order chi connectivity index (χ1) is 16.0. The van der Waals surface area contributed by atoms with Gasteiger partial charge in [0, 0.05) is 61.8 Å². The smallest absolute Gasteiger partial charge is 0.128 e. The summed E-state index contributed by atoms with van der Waals surface area (Å²) < 4.78 is 11.2. The van der Waals surface area contributed by atoms with E-state index >= 15 is 0 Å². The normalized spacial score (nSPS) is 17.3. The van der Waals surface area contributed by atoms with Gasteiger partial charge in [0.05, 0.1) is 14.2 Å². The van der Waals surface area contributed by atoms with Crippen molar-refractivity contribution in [3.63, 3.8) is 0 Å². The fourth-order valence-corrected chi connectivity index (χ4v) is 5.01. The molecule has 0 radical (unpaired) electrons. The predicted molar refractivity (Wildman–Crippen MR) is 135 cm³/mol. The molecule has 1 aromatic carbocycles. The zero-order valence-electron chi connectivity index (χ0n) is 20.6. The molecular weight excluding hydrogens is 412 g/mol. The van der Waals surface area contributed by atoms with Crippen molar-refractivity contribution >= 4 is 11.5 Å². The van der Waals surface area contributed by atoms with E-state index in [0.29, 0.717) is 6.04 Å². The molecule has 1 aliphatic heterocycles. The largest absolute Gasteiger partial charge is 0.496 e. The quantitative estimate of drug-likeness (QED) is 0.587. The number of rotatable bonds is 8. The maximum atomic E-state index is 5.62. The van der Waals surface area contributed by atoms with E-state index in [9.17, 15) is 0 Å². The first-order valence-corrected chi connectivity index (χ1v) is 12.1. The van der Waals surface area contributed by atoms with Gasteiger partial charge < -0.3 is 24.2 Å². The van der Waals surface area contributed by atoms with Gasteiger partial charge in [0.25, 0.3) is 0 Å². The van der Waals surface area contributed by atoms with E-state index in [1.807, 2.05) is 13.1 Å². The Labute approximate surface area is 198 Å². The molecule has 0 bridgehead atoms. The van der Waals surface area contributed by atoms with Gasteiger partial charge in [-0.1, -0.05) is 25.5 Å². The number of anilines is 1. The van der Waals surface area contributed by atoms with Crippen molar-refractivity contribution in [2.75, 3.05) is 52.3 Å². The number of hydrogen-bond donors (Lipinski definition) is 0. The molecular formula is C27H38N4O2. The van der Waals surface area contributed by atoms with Crippen molar-refractivity contribution in [2.24, 2.45) is 0 Å². The molecule has 178 valence electrons. The number of nitrogens with zero attached hydrogens (tertiary/aromatic N) is 4. The molecule has 2 heterocycles. The maximum Gasteiger partial charge on any atom is 0.128 e. The Kier molecular flexibility index (Phi) is 7.43. The highest BCUT2D eigenvalue weighted by molar-refractivity contribution is 5.67. The van der Waals surface area contributed by atoms with Crippen LogP contribution < -0.4 is 14.4 Å². The molecule has 33 heavy (non-hydrogen) atoms. The van der Waals surface area contributed by atoms with Crippen LogP contribution in [0.15, 0.2) is 37.0 Å². The van der Waals surface area contributed by atoms with E-state index in [-0.39, 0.29) is 0 Å². The Hall–Kier alpha value is -2.73. The van der Waals surface area contributed by atoms with Crippen LogP contribution in [-0.4, -0.2) is 68.3 Å². The van der Waals surface area contributed by atoms with Gasteiger partial charge in [0.1, 0.15) is 17.3 Å². The van der Waals surface area contributed by atoms with E-state index in [1.54, 1.807) is 14.2 Å². The van der Waals surface area contributed by atoms with Crippen LogP contribution >= 0.6 is 0 Å². The molecule has 0 amide bonds. The molecule has 2 fully saturated rings. The first kappa shape index (κ1) is 23.4. The summed E-state index contributed by atoms with van der Waals surface area (Å²) in [7, 11) is 5.59. The van der Waals surface area contributed by atoms with Crippen molar-refractivity contribution in [1.82, 2.24) is 14.8 Å². The molecule has 0 atom stereocenters. The fraction of sp³-hybridized carbons (Fsp3) is 0.519. The summed E-state index contributed by atoms with van der Waals surface area (Å²) in [6.07, 6.45) is 6.99. The van der Waals surface area contributed by atoms with Crippen molar-refractivity contribution in [2.45, 2.75) is 45.2 Å². The third kappa shape index (κ3) is 5.27. The second kappa shape index (κ2) is 10.5. The van der Waals surface area contributed by atoms with Gasteiger partial charge in [-0.05, 0) is 50.6 Å². The Morgan fingerprint density at radius 3 is 2.24 bits per heavy atom. The average molecular weight is 451 g/mol. The number of benzene rings is 1. The van der Waals surface area contributed by atoms with E-state index in [2.05, 4.69) is 52.6 Å². The second-order valence-electron chi connectivity index (χ2n) is 9.33. The molecule has 1 saturated heterocycles. The lowest BCUT2D eigenvalue weighted by Crippen LogP contribution is -2.44. The molecule has 1 aliphatic carbocycles. The molecule has 0 unspecified atom stereocenters. The Morgan fingerprint density at radius 1 is 1.06 bits per heavy atom. The number of piperazine rings is 1. The minimum absolute atomic E-state index is 0.494. The standard InChI is InChI=1S/C27H38N4O2/c1-20-25(32-4)16-23(17-26(20)33-5)21(2)31(24-8-6-7-9-24)19-22-10-11-27(28-18-22)30-14-12-29(3)13-15-30/h10-11,16-18,24H,2,6-9,12-15,19H2,1,3-5H3. The highest BCUT2D eigenvalue weighted by Crippen LogP contribution is 2.36. The summed E-state index contributed by atoms with van der Waals surface area (Å²) in [5.74, 6) is 2.73.